The number of rotatable bonds is 2. The summed E-state index contributed by atoms with van der Waals surface area (Å²) in [6.45, 7) is 0.663. The van der Waals surface area contributed by atoms with Crippen LogP contribution in [0.5, 0.6) is 0 Å². The first-order chi connectivity index (χ1) is 11.3. The maximum absolute atomic E-state index is 12.9. The summed E-state index contributed by atoms with van der Waals surface area (Å²) in [4.78, 5) is 19.0. The van der Waals surface area contributed by atoms with E-state index in [0.717, 1.165) is 17.5 Å². The van der Waals surface area contributed by atoms with Crippen molar-refractivity contribution in [3.8, 4) is 0 Å². The molecule has 0 saturated heterocycles. The van der Waals surface area contributed by atoms with Gasteiger partial charge in [-0.15, -0.1) is 0 Å². The van der Waals surface area contributed by atoms with Crippen LogP contribution in [-0.2, 0) is 6.42 Å². The van der Waals surface area contributed by atoms with Gasteiger partial charge in [-0.05, 0) is 41.3 Å². The number of carbonyl (C=O) groups is 1. The van der Waals surface area contributed by atoms with Gasteiger partial charge in [0.25, 0.3) is 5.91 Å². The van der Waals surface area contributed by atoms with E-state index >= 15 is 0 Å². The van der Waals surface area contributed by atoms with Gasteiger partial charge in [0.2, 0.25) is 0 Å². The van der Waals surface area contributed by atoms with Crippen molar-refractivity contribution in [2.24, 2.45) is 0 Å². The lowest BCUT2D eigenvalue weighted by Crippen LogP contribution is -2.40. The highest BCUT2D eigenvalue weighted by molar-refractivity contribution is 5.92. The van der Waals surface area contributed by atoms with Crippen LogP contribution < -0.4 is 0 Å². The van der Waals surface area contributed by atoms with Crippen LogP contribution in [-0.4, -0.2) is 22.3 Å². The van der Waals surface area contributed by atoms with Gasteiger partial charge in [0.05, 0.1) is 12.3 Å². The Kier molecular flexibility index (Phi) is 3.42. The van der Waals surface area contributed by atoms with Gasteiger partial charge >= 0.3 is 0 Å². The molecule has 0 aliphatic carbocycles. The SMILES string of the molecule is O=C(c1ccco1)N1CCc2ccccc2C1c1cccnc1. The lowest BCUT2D eigenvalue weighted by molar-refractivity contribution is 0.0661. The third-order valence-corrected chi connectivity index (χ3v) is 4.28. The average Bonchev–Trinajstić information content (AvgIpc) is 3.15. The summed E-state index contributed by atoms with van der Waals surface area (Å²) in [6.07, 6.45) is 5.95. The van der Waals surface area contributed by atoms with Gasteiger partial charge in [-0.25, -0.2) is 0 Å². The molecule has 0 saturated carbocycles. The van der Waals surface area contributed by atoms with Crippen molar-refractivity contribution in [2.75, 3.05) is 6.54 Å². The number of pyridine rings is 1. The predicted octanol–water partition coefficient (Wildman–Crippen LogP) is 3.46. The molecular formula is C19H16N2O2. The summed E-state index contributed by atoms with van der Waals surface area (Å²) in [6, 6.07) is 15.5. The van der Waals surface area contributed by atoms with E-state index in [9.17, 15) is 4.79 Å². The molecule has 0 spiro atoms. The second-order valence-electron chi connectivity index (χ2n) is 5.61. The van der Waals surface area contributed by atoms with Crippen LogP contribution in [0.1, 0.15) is 33.3 Å². The number of aromatic nitrogens is 1. The number of hydrogen-bond donors (Lipinski definition) is 0. The molecule has 3 aromatic rings. The molecule has 3 heterocycles. The molecule has 1 aromatic carbocycles. The minimum Gasteiger partial charge on any atom is -0.459 e. The first-order valence-electron chi connectivity index (χ1n) is 7.67. The monoisotopic (exact) mass is 304 g/mol. The maximum atomic E-state index is 12.9. The van der Waals surface area contributed by atoms with Crippen LogP contribution in [0, 0.1) is 0 Å². The lowest BCUT2D eigenvalue weighted by Gasteiger charge is -2.37. The quantitative estimate of drug-likeness (QED) is 0.728. The highest BCUT2D eigenvalue weighted by atomic mass is 16.3. The van der Waals surface area contributed by atoms with E-state index in [-0.39, 0.29) is 11.9 Å². The molecule has 0 bridgehead atoms. The zero-order chi connectivity index (χ0) is 15.6. The van der Waals surface area contributed by atoms with Crippen molar-refractivity contribution < 1.29 is 9.21 Å². The lowest BCUT2D eigenvalue weighted by atomic mass is 9.88. The summed E-state index contributed by atoms with van der Waals surface area (Å²) < 4.78 is 5.31. The van der Waals surface area contributed by atoms with E-state index < -0.39 is 0 Å². The third kappa shape index (κ3) is 2.42. The van der Waals surface area contributed by atoms with Crippen molar-refractivity contribution in [2.45, 2.75) is 12.5 Å². The van der Waals surface area contributed by atoms with E-state index in [1.54, 1.807) is 18.3 Å². The first kappa shape index (κ1) is 13.8. The van der Waals surface area contributed by atoms with Crippen LogP contribution in [0.25, 0.3) is 0 Å². The number of amides is 1. The van der Waals surface area contributed by atoms with E-state index in [2.05, 4.69) is 17.1 Å². The molecule has 1 unspecified atom stereocenters. The number of fused-ring (bicyclic) bond motifs is 1. The van der Waals surface area contributed by atoms with Gasteiger partial charge in [-0.3, -0.25) is 9.78 Å². The van der Waals surface area contributed by atoms with Crippen molar-refractivity contribution >= 4 is 5.91 Å². The van der Waals surface area contributed by atoms with Crippen LogP contribution >= 0.6 is 0 Å². The van der Waals surface area contributed by atoms with Gasteiger partial charge in [0, 0.05) is 18.9 Å². The van der Waals surface area contributed by atoms with Gasteiger partial charge in [-0.1, -0.05) is 30.3 Å². The van der Waals surface area contributed by atoms with E-state index in [1.807, 2.05) is 35.4 Å². The largest absolute Gasteiger partial charge is 0.459 e. The Labute approximate surface area is 134 Å². The van der Waals surface area contributed by atoms with E-state index in [1.165, 1.54) is 11.8 Å². The fourth-order valence-electron chi connectivity index (χ4n) is 3.22. The number of hydrogen-bond acceptors (Lipinski definition) is 3. The zero-order valence-corrected chi connectivity index (χ0v) is 12.6. The molecule has 1 atom stereocenters. The Morgan fingerprint density at radius 2 is 2.04 bits per heavy atom. The molecule has 1 amide bonds. The normalized spacial score (nSPS) is 16.9. The second-order valence-corrected chi connectivity index (χ2v) is 5.61. The van der Waals surface area contributed by atoms with Crippen molar-refractivity contribution in [3.05, 3.63) is 89.6 Å². The number of carbonyl (C=O) groups excluding carboxylic acids is 1. The van der Waals surface area contributed by atoms with Crippen LogP contribution in [0.15, 0.2) is 71.6 Å². The van der Waals surface area contributed by atoms with Gasteiger partial charge < -0.3 is 9.32 Å². The second kappa shape index (κ2) is 5.72. The summed E-state index contributed by atoms with van der Waals surface area (Å²) in [5, 5.41) is 0. The van der Waals surface area contributed by atoms with Crippen molar-refractivity contribution in [1.82, 2.24) is 9.88 Å². The molecule has 1 aliphatic heterocycles. The molecule has 0 fully saturated rings. The van der Waals surface area contributed by atoms with Gasteiger partial charge in [0.1, 0.15) is 0 Å². The van der Waals surface area contributed by atoms with E-state index in [0.29, 0.717) is 12.3 Å². The number of furan rings is 1. The van der Waals surface area contributed by atoms with Gasteiger partial charge in [0.15, 0.2) is 5.76 Å². The molecular weight excluding hydrogens is 288 g/mol. The van der Waals surface area contributed by atoms with Gasteiger partial charge in [-0.2, -0.15) is 0 Å². The fraction of sp³-hybridized carbons (Fsp3) is 0.158. The zero-order valence-electron chi connectivity index (χ0n) is 12.6. The fourth-order valence-corrected chi connectivity index (χ4v) is 3.22. The molecule has 2 aromatic heterocycles. The van der Waals surface area contributed by atoms with Crippen LogP contribution in [0.4, 0.5) is 0 Å². The molecule has 4 heteroatoms. The Morgan fingerprint density at radius 3 is 2.83 bits per heavy atom. The molecule has 114 valence electrons. The molecule has 4 nitrogen and oxygen atoms in total. The average molecular weight is 304 g/mol. The standard InChI is InChI=1S/C19H16N2O2/c22-19(17-8-4-12-23-17)21-11-9-14-5-1-2-7-16(14)18(21)15-6-3-10-20-13-15/h1-8,10,12-13,18H,9,11H2. The first-order valence-corrected chi connectivity index (χ1v) is 7.67. The minimum atomic E-state index is -0.133. The highest BCUT2D eigenvalue weighted by Gasteiger charge is 2.33. The molecule has 0 radical (unpaired) electrons. The highest BCUT2D eigenvalue weighted by Crippen LogP contribution is 2.35. The smallest absolute Gasteiger partial charge is 0.290 e. The Balaban J connectivity index is 1.81. The molecule has 1 aliphatic rings. The number of benzene rings is 1. The summed E-state index contributed by atoms with van der Waals surface area (Å²) >= 11 is 0. The number of nitrogens with zero attached hydrogens (tertiary/aromatic N) is 2. The predicted molar refractivity (Wildman–Crippen MR) is 86.0 cm³/mol. The molecule has 4 rings (SSSR count). The summed E-state index contributed by atoms with van der Waals surface area (Å²) in [5.41, 5.74) is 3.45. The van der Waals surface area contributed by atoms with Crippen molar-refractivity contribution in [3.63, 3.8) is 0 Å². The third-order valence-electron chi connectivity index (χ3n) is 4.28. The Morgan fingerprint density at radius 1 is 1.13 bits per heavy atom. The Bertz CT molecular complexity index is 812. The van der Waals surface area contributed by atoms with Crippen LogP contribution in [0.3, 0.4) is 0 Å². The maximum Gasteiger partial charge on any atom is 0.290 e. The van der Waals surface area contributed by atoms with E-state index in [4.69, 9.17) is 4.42 Å². The van der Waals surface area contributed by atoms with Crippen LogP contribution in [0.2, 0.25) is 0 Å². The molecule has 0 N–H and O–H groups in total. The van der Waals surface area contributed by atoms with Crippen molar-refractivity contribution in [1.29, 1.82) is 0 Å². The summed E-state index contributed by atoms with van der Waals surface area (Å²) in [7, 11) is 0. The summed E-state index contributed by atoms with van der Waals surface area (Å²) in [5.74, 6) is 0.289. The molecule has 23 heavy (non-hydrogen) atoms. The Hall–Kier alpha value is -2.88. The topological polar surface area (TPSA) is 46.3 Å². The minimum absolute atomic E-state index is 0.0849.